The average molecular weight is 329 g/mol. The Bertz CT molecular complexity index is 659. The van der Waals surface area contributed by atoms with Gasteiger partial charge in [-0.15, -0.1) is 0 Å². The molecule has 1 saturated heterocycles. The van der Waals surface area contributed by atoms with Crippen molar-refractivity contribution in [1.29, 1.82) is 0 Å². The van der Waals surface area contributed by atoms with Crippen molar-refractivity contribution in [3.63, 3.8) is 0 Å². The maximum Gasteiger partial charge on any atom is 0.287 e. The van der Waals surface area contributed by atoms with Gasteiger partial charge in [0.25, 0.3) is 5.91 Å². The Labute approximate surface area is 141 Å². The van der Waals surface area contributed by atoms with Crippen LogP contribution in [0.2, 0.25) is 0 Å². The second kappa shape index (κ2) is 8.02. The molecule has 24 heavy (non-hydrogen) atoms. The Balaban J connectivity index is 1.50. The molecule has 1 amide bonds. The van der Waals surface area contributed by atoms with Crippen LogP contribution < -0.4 is 10.1 Å². The molecule has 5 nitrogen and oxygen atoms in total. The zero-order valence-electron chi connectivity index (χ0n) is 13.9. The third-order valence-corrected chi connectivity index (χ3v) is 4.16. The average Bonchev–Trinajstić information content (AvgIpc) is 3.23. The number of hydrogen-bond acceptors (Lipinski definition) is 4. The summed E-state index contributed by atoms with van der Waals surface area (Å²) < 4.78 is 16.6. The Kier molecular flexibility index (Phi) is 5.54. The Morgan fingerprint density at radius 1 is 1.33 bits per heavy atom. The quantitative estimate of drug-likeness (QED) is 0.846. The molecule has 0 spiro atoms. The van der Waals surface area contributed by atoms with Crippen molar-refractivity contribution in [3.8, 4) is 5.75 Å². The molecule has 3 rings (SSSR count). The maximum absolute atomic E-state index is 12.2. The number of para-hydroxylation sites is 1. The molecular weight excluding hydrogens is 306 g/mol. The van der Waals surface area contributed by atoms with Crippen molar-refractivity contribution in [3.05, 3.63) is 53.5 Å². The molecule has 0 bridgehead atoms. The summed E-state index contributed by atoms with van der Waals surface area (Å²) in [5.74, 6) is 2.17. The third-order valence-electron chi connectivity index (χ3n) is 4.16. The summed E-state index contributed by atoms with van der Waals surface area (Å²) in [6.07, 6.45) is 2.02. The Morgan fingerprint density at radius 2 is 2.17 bits per heavy atom. The van der Waals surface area contributed by atoms with Gasteiger partial charge in [0.1, 0.15) is 18.1 Å². The first kappa shape index (κ1) is 16.6. The maximum atomic E-state index is 12.2. The van der Waals surface area contributed by atoms with E-state index in [1.807, 2.05) is 43.3 Å². The minimum Gasteiger partial charge on any atom is -0.486 e. The summed E-state index contributed by atoms with van der Waals surface area (Å²) in [7, 11) is 0. The number of ether oxygens (including phenoxy) is 2. The number of carbonyl (C=O) groups excluding carboxylic acids is 1. The molecule has 1 fully saturated rings. The first-order valence-corrected chi connectivity index (χ1v) is 8.35. The van der Waals surface area contributed by atoms with Crippen LogP contribution in [0.5, 0.6) is 5.75 Å². The van der Waals surface area contributed by atoms with E-state index in [0.717, 1.165) is 37.4 Å². The van der Waals surface area contributed by atoms with Gasteiger partial charge in [-0.3, -0.25) is 4.79 Å². The molecule has 1 atom stereocenters. The van der Waals surface area contributed by atoms with Crippen LogP contribution in [-0.2, 0) is 11.3 Å². The Morgan fingerprint density at radius 3 is 2.92 bits per heavy atom. The van der Waals surface area contributed by atoms with Crippen LogP contribution in [0.25, 0.3) is 0 Å². The number of hydrogen-bond donors (Lipinski definition) is 1. The van der Waals surface area contributed by atoms with E-state index in [2.05, 4.69) is 5.32 Å². The minimum atomic E-state index is -0.169. The zero-order valence-corrected chi connectivity index (χ0v) is 13.9. The van der Waals surface area contributed by atoms with E-state index in [0.29, 0.717) is 30.6 Å². The number of nitrogens with one attached hydrogen (secondary N) is 1. The highest BCUT2D eigenvalue weighted by Gasteiger charge is 2.18. The van der Waals surface area contributed by atoms with Gasteiger partial charge in [0.15, 0.2) is 5.76 Å². The summed E-state index contributed by atoms with van der Waals surface area (Å²) in [5.41, 5.74) is 0.823. The molecule has 1 aliphatic rings. The lowest BCUT2D eigenvalue weighted by atomic mass is 10.1. The molecule has 1 aliphatic heterocycles. The van der Waals surface area contributed by atoms with Crippen LogP contribution in [0, 0.1) is 12.8 Å². The SMILES string of the molecule is Cc1cc(COc2ccccc2)oc1C(=O)NCCC1CCOC1. The summed E-state index contributed by atoms with van der Waals surface area (Å²) in [4.78, 5) is 12.2. The zero-order chi connectivity index (χ0) is 16.8. The fraction of sp³-hybridized carbons (Fsp3) is 0.421. The van der Waals surface area contributed by atoms with Crippen molar-refractivity contribution >= 4 is 5.91 Å². The third kappa shape index (κ3) is 4.38. The molecule has 1 unspecified atom stereocenters. The van der Waals surface area contributed by atoms with Crippen LogP contribution in [0.15, 0.2) is 40.8 Å². The minimum absolute atomic E-state index is 0.169. The summed E-state index contributed by atoms with van der Waals surface area (Å²) >= 11 is 0. The molecule has 5 heteroatoms. The molecule has 1 N–H and O–H groups in total. The monoisotopic (exact) mass is 329 g/mol. The van der Waals surface area contributed by atoms with Crippen molar-refractivity contribution < 1.29 is 18.7 Å². The molecule has 0 aliphatic carbocycles. The molecule has 1 aromatic carbocycles. The highest BCUT2D eigenvalue weighted by atomic mass is 16.5. The number of rotatable bonds is 7. The van der Waals surface area contributed by atoms with Crippen molar-refractivity contribution in [1.82, 2.24) is 5.32 Å². The van der Waals surface area contributed by atoms with Gasteiger partial charge >= 0.3 is 0 Å². The van der Waals surface area contributed by atoms with Gasteiger partial charge in [-0.1, -0.05) is 18.2 Å². The number of amides is 1. The number of carbonyl (C=O) groups is 1. The van der Waals surface area contributed by atoms with E-state index in [9.17, 15) is 4.79 Å². The van der Waals surface area contributed by atoms with Crippen molar-refractivity contribution in [2.75, 3.05) is 19.8 Å². The normalized spacial score (nSPS) is 17.0. The highest BCUT2D eigenvalue weighted by molar-refractivity contribution is 5.92. The first-order valence-electron chi connectivity index (χ1n) is 8.35. The van der Waals surface area contributed by atoms with Crippen LogP contribution in [0.4, 0.5) is 0 Å². The molecule has 0 radical (unpaired) electrons. The molecular formula is C19H23NO4. The van der Waals surface area contributed by atoms with Gasteiger partial charge in [0.05, 0.1) is 0 Å². The highest BCUT2D eigenvalue weighted by Crippen LogP contribution is 2.18. The van der Waals surface area contributed by atoms with E-state index in [1.165, 1.54) is 0 Å². The standard InChI is InChI=1S/C19H23NO4/c1-14-11-17(13-23-16-5-3-2-4-6-16)24-18(14)19(21)20-9-7-15-8-10-22-12-15/h2-6,11,15H,7-10,12-13H2,1H3,(H,20,21). The van der Waals surface area contributed by atoms with E-state index < -0.39 is 0 Å². The number of benzene rings is 1. The number of aryl methyl sites for hydroxylation is 1. The molecule has 2 heterocycles. The predicted molar refractivity (Wildman–Crippen MR) is 90.1 cm³/mol. The number of furan rings is 1. The van der Waals surface area contributed by atoms with Gasteiger partial charge in [0.2, 0.25) is 0 Å². The van der Waals surface area contributed by atoms with Crippen LogP contribution in [0.3, 0.4) is 0 Å². The van der Waals surface area contributed by atoms with E-state index in [1.54, 1.807) is 0 Å². The lowest BCUT2D eigenvalue weighted by Gasteiger charge is -2.08. The summed E-state index contributed by atoms with van der Waals surface area (Å²) in [6, 6.07) is 11.4. The summed E-state index contributed by atoms with van der Waals surface area (Å²) in [5, 5.41) is 2.92. The second-order valence-corrected chi connectivity index (χ2v) is 6.10. The Hall–Kier alpha value is -2.27. The fourth-order valence-electron chi connectivity index (χ4n) is 2.80. The van der Waals surface area contributed by atoms with E-state index in [4.69, 9.17) is 13.9 Å². The molecule has 2 aromatic rings. The van der Waals surface area contributed by atoms with Gasteiger partial charge in [0, 0.05) is 25.3 Å². The van der Waals surface area contributed by atoms with Crippen LogP contribution in [0.1, 0.15) is 34.7 Å². The molecule has 1 aromatic heterocycles. The van der Waals surface area contributed by atoms with E-state index >= 15 is 0 Å². The van der Waals surface area contributed by atoms with Gasteiger partial charge < -0.3 is 19.2 Å². The smallest absolute Gasteiger partial charge is 0.287 e. The largest absolute Gasteiger partial charge is 0.486 e. The van der Waals surface area contributed by atoms with Crippen LogP contribution >= 0.6 is 0 Å². The predicted octanol–water partition coefficient (Wildman–Crippen LogP) is 3.32. The first-order chi connectivity index (χ1) is 11.7. The van der Waals surface area contributed by atoms with E-state index in [-0.39, 0.29) is 5.91 Å². The lowest BCUT2D eigenvalue weighted by molar-refractivity contribution is 0.0917. The molecule has 0 saturated carbocycles. The topological polar surface area (TPSA) is 60.7 Å². The second-order valence-electron chi connectivity index (χ2n) is 6.10. The van der Waals surface area contributed by atoms with Gasteiger partial charge in [-0.2, -0.15) is 0 Å². The molecule has 128 valence electrons. The fourth-order valence-corrected chi connectivity index (χ4v) is 2.80. The lowest BCUT2D eigenvalue weighted by Crippen LogP contribution is -2.26. The van der Waals surface area contributed by atoms with Crippen molar-refractivity contribution in [2.45, 2.75) is 26.4 Å². The van der Waals surface area contributed by atoms with Crippen molar-refractivity contribution in [2.24, 2.45) is 5.92 Å². The van der Waals surface area contributed by atoms with Gasteiger partial charge in [-0.05, 0) is 43.9 Å². The van der Waals surface area contributed by atoms with Gasteiger partial charge in [-0.25, -0.2) is 0 Å². The summed E-state index contributed by atoms with van der Waals surface area (Å²) in [6.45, 7) is 4.45. The van der Waals surface area contributed by atoms with Crippen LogP contribution in [-0.4, -0.2) is 25.7 Å².